The number of Topliss-reactive ketones (excluding diaryl/α,β-unsaturated/α-hetero) is 1. The Hall–Kier alpha value is -1.19. The van der Waals surface area contributed by atoms with Gasteiger partial charge in [0.2, 0.25) is 0 Å². The number of ether oxygens (including phenoxy) is 7. The summed E-state index contributed by atoms with van der Waals surface area (Å²) in [7, 11) is 1.71. The lowest BCUT2D eigenvalue weighted by Crippen LogP contribution is -2.66. The van der Waals surface area contributed by atoms with Crippen molar-refractivity contribution in [3.05, 3.63) is 11.6 Å². The van der Waals surface area contributed by atoms with Gasteiger partial charge in [-0.2, -0.15) is 0 Å². The number of carbonyl (C=O) groups is 1. The van der Waals surface area contributed by atoms with Gasteiger partial charge in [0.15, 0.2) is 18.9 Å². The van der Waals surface area contributed by atoms with Crippen LogP contribution in [0.25, 0.3) is 0 Å². The van der Waals surface area contributed by atoms with Gasteiger partial charge in [-0.1, -0.05) is 25.5 Å². The Morgan fingerprint density at radius 3 is 1.95 bits per heavy atom. The molecular weight excluding hydrogens is 736 g/mol. The molecule has 0 aromatic heterocycles. The number of hydrogen-bond donors (Lipinski definition) is 8. The highest BCUT2D eigenvalue weighted by molar-refractivity contribution is 5.80. The Balaban J connectivity index is 1.11. The molecule has 3 heterocycles. The van der Waals surface area contributed by atoms with Gasteiger partial charge in [0.05, 0.1) is 31.0 Å². The molecule has 0 radical (unpaired) electrons. The van der Waals surface area contributed by atoms with Crippen LogP contribution in [0.1, 0.15) is 79.6 Å². The van der Waals surface area contributed by atoms with E-state index in [1.807, 2.05) is 0 Å². The van der Waals surface area contributed by atoms with Gasteiger partial charge < -0.3 is 74.0 Å². The predicted octanol–water partition coefficient (Wildman–Crippen LogP) is -0.332. The maximum Gasteiger partial charge on any atom is 0.187 e. The number of fused-ring (bicyclic) bond motifs is 5. The SMILES string of the molecule is CO[C@@H]1C[C@H]2[C@@H]3CC=C4C[C@@H](O[C@@H]5O[C@H](CO)[C@@H](O[C@@H]6O[C@@H](C)[C@H](O)[C@@H](O)[C@H]6O)[C@H](O)[C@H]5O[C@@H]5O[C@@H](C)[C@H](O)[C@@H](O)[C@H]5O)CC[C@]4(C)[C@H]3CC[C@]2(C)[C@H]1C(C)=O. The van der Waals surface area contributed by atoms with Crippen molar-refractivity contribution in [2.24, 2.45) is 34.5 Å². The van der Waals surface area contributed by atoms with E-state index in [2.05, 4.69) is 19.9 Å². The van der Waals surface area contributed by atoms with Crippen LogP contribution in [-0.2, 0) is 38.0 Å². The third kappa shape index (κ3) is 7.25. The van der Waals surface area contributed by atoms with Gasteiger partial charge in [-0.3, -0.25) is 4.79 Å². The van der Waals surface area contributed by atoms with Crippen LogP contribution in [0.15, 0.2) is 11.6 Å². The lowest BCUT2D eigenvalue weighted by molar-refractivity contribution is -0.388. The molecule has 3 saturated carbocycles. The van der Waals surface area contributed by atoms with Crippen molar-refractivity contribution in [2.45, 2.75) is 184 Å². The highest BCUT2D eigenvalue weighted by Gasteiger charge is 2.63. The Morgan fingerprint density at radius 1 is 0.768 bits per heavy atom. The molecule has 3 aliphatic heterocycles. The second-order valence-corrected chi connectivity index (χ2v) is 18.2. The van der Waals surface area contributed by atoms with Gasteiger partial charge in [0.25, 0.3) is 0 Å². The molecule has 6 fully saturated rings. The number of rotatable bonds is 9. The van der Waals surface area contributed by atoms with E-state index in [0.29, 0.717) is 30.6 Å². The van der Waals surface area contributed by atoms with E-state index in [9.17, 15) is 45.6 Å². The highest BCUT2D eigenvalue weighted by Crippen LogP contribution is 2.66. The molecule has 4 aliphatic carbocycles. The topological polar surface area (TPSA) is 244 Å². The zero-order chi connectivity index (χ0) is 40.6. The monoisotopic (exact) mass is 800 g/mol. The Bertz CT molecular complexity index is 1430. The smallest absolute Gasteiger partial charge is 0.187 e. The second-order valence-electron chi connectivity index (χ2n) is 18.2. The molecule has 0 aromatic rings. The van der Waals surface area contributed by atoms with Crippen LogP contribution in [0.4, 0.5) is 0 Å². The summed E-state index contributed by atoms with van der Waals surface area (Å²) >= 11 is 0. The zero-order valence-electron chi connectivity index (χ0n) is 33.2. The van der Waals surface area contributed by atoms with Crippen molar-refractivity contribution in [2.75, 3.05) is 13.7 Å². The number of aliphatic hydroxyl groups is 8. The van der Waals surface area contributed by atoms with Crippen LogP contribution in [0.3, 0.4) is 0 Å². The number of carbonyl (C=O) groups excluding carboxylic acids is 1. The molecule has 16 nitrogen and oxygen atoms in total. The molecule has 320 valence electrons. The third-order valence-corrected chi connectivity index (χ3v) is 15.1. The molecule has 56 heavy (non-hydrogen) atoms. The normalized spacial score (nSPS) is 54.8. The van der Waals surface area contributed by atoms with Crippen LogP contribution in [-0.4, -0.2) is 165 Å². The third-order valence-electron chi connectivity index (χ3n) is 15.1. The Labute approximate surface area is 328 Å². The maximum absolute atomic E-state index is 12.9. The summed E-state index contributed by atoms with van der Waals surface area (Å²) in [5, 5.41) is 85.4. The average Bonchev–Trinajstić information content (AvgIpc) is 3.49. The quantitative estimate of drug-likeness (QED) is 0.139. The number of methoxy groups -OCH3 is 1. The van der Waals surface area contributed by atoms with Crippen LogP contribution < -0.4 is 0 Å². The largest absolute Gasteiger partial charge is 0.394 e. The highest BCUT2D eigenvalue weighted by atomic mass is 16.8. The molecule has 0 amide bonds. The van der Waals surface area contributed by atoms with Crippen molar-refractivity contribution in [1.82, 2.24) is 0 Å². The van der Waals surface area contributed by atoms with Crippen LogP contribution in [0.2, 0.25) is 0 Å². The second kappa shape index (κ2) is 16.3. The molecule has 0 spiro atoms. The first kappa shape index (κ1) is 42.9. The summed E-state index contributed by atoms with van der Waals surface area (Å²) in [5.74, 6) is 1.33. The maximum atomic E-state index is 12.9. The van der Waals surface area contributed by atoms with Crippen molar-refractivity contribution in [3.63, 3.8) is 0 Å². The summed E-state index contributed by atoms with van der Waals surface area (Å²) in [4.78, 5) is 12.9. The fraction of sp³-hybridized carbons (Fsp3) is 0.925. The van der Waals surface area contributed by atoms with Gasteiger partial charge >= 0.3 is 0 Å². The molecule has 0 unspecified atom stereocenters. The standard InChI is InChI=1S/C40H64O16/c1-16(42)26-24(50-6)14-23-21-8-7-19-13-20(9-11-39(19,4)22(21)10-12-40(23,26)5)53-38-35(56-37-32(48)30(46)28(44)18(3)52-37)33(49)34(25(15-41)54-38)55-36-31(47)29(45)27(43)17(2)51-36/h7,17-18,20-38,41,43-49H,8-15H2,1-6H3/t17-,18-,20-,21+,22-,23-,24+,25+,26-,27-,28-,29+,30+,31+,32+,33-,34+,35+,36-,37-,38+,39-,40-/m0/s1. The summed E-state index contributed by atoms with van der Waals surface area (Å²) in [6.45, 7) is 8.64. The van der Waals surface area contributed by atoms with Crippen molar-refractivity contribution < 1.29 is 78.8 Å². The summed E-state index contributed by atoms with van der Waals surface area (Å²) in [6.07, 6.45) is -13.9. The molecule has 7 aliphatic rings. The van der Waals surface area contributed by atoms with E-state index < -0.39 is 105 Å². The van der Waals surface area contributed by atoms with Crippen molar-refractivity contribution in [3.8, 4) is 0 Å². The molecular formula is C40H64O16. The summed E-state index contributed by atoms with van der Waals surface area (Å²) < 4.78 is 42.2. The average molecular weight is 801 g/mol. The molecule has 0 aromatic carbocycles. The van der Waals surface area contributed by atoms with Gasteiger partial charge in [-0.25, -0.2) is 0 Å². The molecule has 16 heteroatoms. The van der Waals surface area contributed by atoms with Crippen molar-refractivity contribution in [1.29, 1.82) is 0 Å². The first-order valence-corrected chi connectivity index (χ1v) is 20.5. The minimum atomic E-state index is -1.72. The summed E-state index contributed by atoms with van der Waals surface area (Å²) in [6, 6.07) is 0. The lowest BCUT2D eigenvalue weighted by atomic mass is 9.47. The van der Waals surface area contributed by atoms with Gasteiger partial charge in [0, 0.05) is 13.0 Å². The van der Waals surface area contributed by atoms with E-state index in [0.717, 1.165) is 32.1 Å². The van der Waals surface area contributed by atoms with Crippen LogP contribution in [0, 0.1) is 34.5 Å². The fourth-order valence-electron chi connectivity index (χ4n) is 11.9. The number of hydrogen-bond acceptors (Lipinski definition) is 16. The number of ketones is 1. The van der Waals surface area contributed by atoms with E-state index in [1.165, 1.54) is 19.4 Å². The molecule has 0 bridgehead atoms. The number of aliphatic hydroxyl groups excluding tert-OH is 8. The first-order valence-electron chi connectivity index (χ1n) is 20.5. The molecule has 7 rings (SSSR count). The van der Waals surface area contributed by atoms with Gasteiger partial charge in [-0.05, 0) is 94.3 Å². The molecule has 3 saturated heterocycles. The molecule has 8 N–H and O–H groups in total. The van der Waals surface area contributed by atoms with Gasteiger partial charge in [-0.15, -0.1) is 0 Å². The zero-order valence-corrected chi connectivity index (χ0v) is 33.2. The van der Waals surface area contributed by atoms with Gasteiger partial charge in [0.1, 0.15) is 66.8 Å². The Kier molecular flexibility index (Phi) is 12.5. The fourth-order valence-corrected chi connectivity index (χ4v) is 11.9. The Morgan fingerprint density at radius 2 is 1.38 bits per heavy atom. The molecule has 23 atom stereocenters. The van der Waals surface area contributed by atoms with E-state index in [4.69, 9.17) is 33.2 Å². The summed E-state index contributed by atoms with van der Waals surface area (Å²) in [5.41, 5.74) is 1.10. The minimum absolute atomic E-state index is 0.0719. The van der Waals surface area contributed by atoms with E-state index >= 15 is 0 Å². The van der Waals surface area contributed by atoms with E-state index in [1.54, 1.807) is 14.0 Å². The first-order chi connectivity index (χ1) is 26.4. The van der Waals surface area contributed by atoms with Crippen molar-refractivity contribution >= 4 is 5.78 Å². The predicted molar refractivity (Wildman–Crippen MR) is 193 cm³/mol. The lowest BCUT2D eigenvalue weighted by Gasteiger charge is -2.58. The van der Waals surface area contributed by atoms with Crippen LogP contribution >= 0.6 is 0 Å². The minimum Gasteiger partial charge on any atom is -0.394 e. The van der Waals surface area contributed by atoms with E-state index in [-0.39, 0.29) is 28.6 Å². The van der Waals surface area contributed by atoms with Crippen LogP contribution in [0.5, 0.6) is 0 Å². The number of allylic oxidation sites excluding steroid dienone is 1.